The van der Waals surface area contributed by atoms with Crippen molar-refractivity contribution in [2.45, 2.75) is 33.6 Å². The molecule has 0 heterocycles. The van der Waals surface area contributed by atoms with Gasteiger partial charge in [0.15, 0.2) is 5.78 Å². The maximum Gasteiger partial charge on any atom is 0.269 e. The van der Waals surface area contributed by atoms with Crippen molar-refractivity contribution in [1.29, 1.82) is 0 Å². The predicted octanol–water partition coefficient (Wildman–Crippen LogP) is 4.41. The number of nitro groups is 1. The number of amides is 1. The highest BCUT2D eigenvalue weighted by atomic mass is 16.6. The lowest BCUT2D eigenvalue weighted by Gasteiger charge is -2.37. The predicted molar refractivity (Wildman–Crippen MR) is 124 cm³/mol. The van der Waals surface area contributed by atoms with Crippen LogP contribution in [0.3, 0.4) is 0 Å². The number of fused-ring (bicyclic) bond motifs is 2. The Hall–Kier alpha value is -3.75. The Labute approximate surface area is 191 Å². The van der Waals surface area contributed by atoms with E-state index in [0.29, 0.717) is 35.7 Å². The van der Waals surface area contributed by atoms with Crippen molar-refractivity contribution in [3.05, 3.63) is 58.6 Å². The zero-order valence-electron chi connectivity index (χ0n) is 19.0. The molecule has 9 heteroatoms. The Bertz CT molecular complexity index is 1170. The van der Waals surface area contributed by atoms with E-state index in [2.05, 4.69) is 15.8 Å². The summed E-state index contributed by atoms with van der Waals surface area (Å²) in [7, 11) is 1.52. The molecule has 2 atom stereocenters. The summed E-state index contributed by atoms with van der Waals surface area (Å²) in [4.78, 5) is 37.7. The van der Waals surface area contributed by atoms with Crippen LogP contribution >= 0.6 is 0 Å². The first kappa shape index (κ1) is 22.4. The molecular formula is C24H26N4O5. The molecular weight excluding hydrogens is 424 g/mol. The quantitative estimate of drug-likeness (QED) is 0.382. The van der Waals surface area contributed by atoms with E-state index in [-0.39, 0.29) is 17.4 Å². The van der Waals surface area contributed by atoms with E-state index in [4.69, 9.17) is 4.74 Å². The summed E-state index contributed by atoms with van der Waals surface area (Å²) < 4.78 is 5.34. The number of ether oxygens (including phenoxy) is 1. The lowest BCUT2D eigenvalue weighted by molar-refractivity contribution is -0.384. The number of carbonyl (C=O) groups excluding carboxylic acids is 2. The molecule has 2 N–H and O–H groups in total. The van der Waals surface area contributed by atoms with Crippen molar-refractivity contribution >= 4 is 34.5 Å². The van der Waals surface area contributed by atoms with Gasteiger partial charge >= 0.3 is 0 Å². The molecule has 2 bridgehead atoms. The fourth-order valence-electron chi connectivity index (χ4n) is 5.23. The molecule has 0 saturated heterocycles. The van der Waals surface area contributed by atoms with Crippen molar-refractivity contribution in [1.82, 2.24) is 0 Å². The van der Waals surface area contributed by atoms with E-state index in [1.165, 1.54) is 31.4 Å². The van der Waals surface area contributed by atoms with Gasteiger partial charge in [0.1, 0.15) is 16.9 Å². The molecule has 33 heavy (non-hydrogen) atoms. The first-order valence-corrected chi connectivity index (χ1v) is 10.7. The zero-order chi connectivity index (χ0) is 24.0. The number of hydrogen-bond donors (Lipinski definition) is 2. The number of para-hydroxylation sites is 2. The summed E-state index contributed by atoms with van der Waals surface area (Å²) in [5.41, 5.74) is 1.58. The van der Waals surface area contributed by atoms with Crippen LogP contribution in [0, 0.1) is 26.4 Å². The molecule has 0 radical (unpaired) electrons. The van der Waals surface area contributed by atoms with Crippen molar-refractivity contribution in [2.24, 2.45) is 21.3 Å². The van der Waals surface area contributed by atoms with Crippen LogP contribution < -0.4 is 15.5 Å². The number of nitro benzene ring substituents is 1. The average Bonchev–Trinajstić information content (AvgIpc) is 3.07. The molecule has 2 unspecified atom stereocenters. The van der Waals surface area contributed by atoms with Crippen LogP contribution in [0.5, 0.6) is 5.75 Å². The minimum Gasteiger partial charge on any atom is -0.495 e. The zero-order valence-corrected chi connectivity index (χ0v) is 19.0. The summed E-state index contributed by atoms with van der Waals surface area (Å²) >= 11 is 0. The highest BCUT2D eigenvalue weighted by molar-refractivity contribution is 6.51. The highest BCUT2D eigenvalue weighted by Crippen LogP contribution is 2.69. The van der Waals surface area contributed by atoms with Crippen LogP contribution in [0.15, 0.2) is 53.6 Å². The molecule has 2 aliphatic rings. The van der Waals surface area contributed by atoms with Crippen molar-refractivity contribution in [3.63, 3.8) is 0 Å². The summed E-state index contributed by atoms with van der Waals surface area (Å²) in [6.45, 7) is 5.84. The third-order valence-electron chi connectivity index (χ3n) is 7.69. The number of methoxy groups -OCH3 is 1. The van der Waals surface area contributed by atoms with Gasteiger partial charge in [0, 0.05) is 17.5 Å². The molecule has 0 aliphatic heterocycles. The molecule has 9 nitrogen and oxygen atoms in total. The number of ketones is 1. The van der Waals surface area contributed by atoms with Crippen LogP contribution in [0.2, 0.25) is 0 Å². The number of hydrogen-bond acceptors (Lipinski definition) is 7. The molecule has 1 amide bonds. The molecule has 4 rings (SSSR count). The van der Waals surface area contributed by atoms with E-state index in [1.54, 1.807) is 24.3 Å². The van der Waals surface area contributed by atoms with E-state index in [1.807, 2.05) is 20.8 Å². The number of non-ortho nitro benzene ring substituents is 1. The topological polar surface area (TPSA) is 123 Å². The van der Waals surface area contributed by atoms with Gasteiger partial charge in [-0.25, -0.2) is 0 Å². The lowest BCUT2D eigenvalue weighted by atomic mass is 9.64. The molecule has 2 fully saturated rings. The number of nitrogens with zero attached hydrogens (tertiary/aromatic N) is 2. The number of hydrazone groups is 1. The first-order chi connectivity index (χ1) is 15.6. The minimum atomic E-state index is -1.27. The van der Waals surface area contributed by atoms with Gasteiger partial charge in [-0.15, -0.1) is 0 Å². The van der Waals surface area contributed by atoms with Gasteiger partial charge in [0.05, 0.1) is 23.4 Å². The largest absolute Gasteiger partial charge is 0.495 e. The molecule has 2 saturated carbocycles. The third-order valence-corrected chi connectivity index (χ3v) is 7.69. The normalized spacial score (nSPS) is 26.3. The van der Waals surface area contributed by atoms with Crippen LogP contribution in [0.4, 0.5) is 17.1 Å². The van der Waals surface area contributed by atoms with Crippen molar-refractivity contribution < 1.29 is 19.2 Å². The van der Waals surface area contributed by atoms with Gasteiger partial charge in [-0.05, 0) is 42.5 Å². The Morgan fingerprint density at radius 2 is 1.76 bits per heavy atom. The number of Topliss-reactive ketones (excluding diaryl/α,β-unsaturated/α-hetero) is 1. The van der Waals surface area contributed by atoms with Gasteiger partial charge < -0.3 is 10.1 Å². The van der Waals surface area contributed by atoms with Crippen molar-refractivity contribution in [2.75, 3.05) is 17.9 Å². The Morgan fingerprint density at radius 3 is 2.39 bits per heavy atom. The van der Waals surface area contributed by atoms with E-state index >= 15 is 0 Å². The second kappa shape index (κ2) is 7.68. The summed E-state index contributed by atoms with van der Waals surface area (Å²) in [5, 5.41) is 18.2. The Morgan fingerprint density at radius 1 is 1.09 bits per heavy atom. The minimum absolute atomic E-state index is 0.0377. The van der Waals surface area contributed by atoms with E-state index < -0.39 is 21.2 Å². The van der Waals surface area contributed by atoms with Crippen LogP contribution in [0.1, 0.15) is 33.6 Å². The van der Waals surface area contributed by atoms with Crippen molar-refractivity contribution in [3.8, 4) is 5.75 Å². The maximum atomic E-state index is 13.7. The van der Waals surface area contributed by atoms with Crippen LogP contribution in [-0.2, 0) is 9.59 Å². The number of benzene rings is 2. The van der Waals surface area contributed by atoms with Gasteiger partial charge in [-0.3, -0.25) is 25.1 Å². The second-order valence-electron chi connectivity index (χ2n) is 9.22. The van der Waals surface area contributed by atoms with Crippen LogP contribution in [0.25, 0.3) is 0 Å². The number of rotatable bonds is 6. The first-order valence-electron chi connectivity index (χ1n) is 10.7. The molecule has 0 spiro atoms. The molecule has 2 aromatic carbocycles. The molecule has 2 aliphatic carbocycles. The summed E-state index contributed by atoms with van der Waals surface area (Å²) in [6.07, 6.45) is 1.05. The smallest absolute Gasteiger partial charge is 0.269 e. The van der Waals surface area contributed by atoms with Gasteiger partial charge in [-0.1, -0.05) is 32.9 Å². The number of carbonyl (C=O) groups is 2. The average molecular weight is 450 g/mol. The van der Waals surface area contributed by atoms with Gasteiger partial charge in [0.2, 0.25) is 5.91 Å². The Balaban J connectivity index is 1.66. The molecule has 0 aromatic heterocycles. The Kier molecular flexibility index (Phi) is 5.23. The number of nitrogens with one attached hydrogen (secondary N) is 2. The monoisotopic (exact) mass is 450 g/mol. The molecule has 2 aromatic rings. The standard InChI is InChI=1S/C24H26N4O5/c1-22(2)23(3)13-14-24(22,21(30)25-17-7-5-6-8-18(17)33-4)20(29)19(23)27-26-15-9-11-16(12-10-15)28(31)32/h5-12,26H,13-14H2,1-4H3,(H,25,30)/b27-19+. The van der Waals surface area contributed by atoms with E-state index in [0.717, 1.165) is 0 Å². The fourth-order valence-corrected chi connectivity index (χ4v) is 5.23. The van der Waals surface area contributed by atoms with Gasteiger partial charge in [0.25, 0.3) is 5.69 Å². The van der Waals surface area contributed by atoms with Crippen LogP contribution in [-0.4, -0.2) is 29.4 Å². The second-order valence-corrected chi connectivity index (χ2v) is 9.22. The highest BCUT2D eigenvalue weighted by Gasteiger charge is 2.76. The maximum absolute atomic E-state index is 13.7. The third kappa shape index (κ3) is 3.10. The molecule has 172 valence electrons. The summed E-state index contributed by atoms with van der Waals surface area (Å²) in [5.74, 6) is -0.158. The fraction of sp³-hybridized carbons (Fsp3) is 0.375. The summed E-state index contributed by atoms with van der Waals surface area (Å²) in [6, 6.07) is 12.8. The van der Waals surface area contributed by atoms with E-state index in [9.17, 15) is 19.7 Å². The SMILES string of the molecule is COc1ccccc1NC(=O)C12CCC(C)(/C(=N/Nc3ccc([N+](=O)[O-])cc3)C1=O)C2(C)C. The van der Waals surface area contributed by atoms with Gasteiger partial charge in [-0.2, -0.15) is 5.10 Å². The lowest BCUT2D eigenvalue weighted by Crippen LogP contribution is -2.47. The number of anilines is 2.